The summed E-state index contributed by atoms with van der Waals surface area (Å²) >= 11 is 0. The monoisotopic (exact) mass is 376 g/mol. The number of ketones is 1. The van der Waals surface area contributed by atoms with Crippen LogP contribution in [-0.4, -0.2) is 24.7 Å². The fourth-order valence-corrected chi connectivity index (χ4v) is 3.94. The van der Waals surface area contributed by atoms with Gasteiger partial charge in [-0.2, -0.15) is 0 Å². The van der Waals surface area contributed by atoms with Gasteiger partial charge >= 0.3 is 0 Å². The molecule has 1 aliphatic heterocycles. The number of ether oxygens (including phenoxy) is 3. The Morgan fingerprint density at radius 3 is 2.71 bits per heavy atom. The molecule has 0 radical (unpaired) electrons. The average Bonchev–Trinajstić information content (AvgIpc) is 3.13. The number of pyridine rings is 1. The first-order valence-electron chi connectivity index (χ1n) is 9.34. The first-order chi connectivity index (χ1) is 13.6. The zero-order chi connectivity index (χ0) is 19.3. The Bertz CT molecular complexity index is 1120. The molecule has 0 atom stereocenters. The highest BCUT2D eigenvalue weighted by molar-refractivity contribution is 6.11. The molecule has 0 saturated carbocycles. The van der Waals surface area contributed by atoms with Crippen molar-refractivity contribution in [1.82, 2.24) is 4.98 Å². The molecule has 2 heterocycles. The predicted octanol–water partition coefficient (Wildman–Crippen LogP) is 4.54. The Balaban J connectivity index is 1.74. The van der Waals surface area contributed by atoms with Crippen molar-refractivity contribution < 1.29 is 19.0 Å². The fourth-order valence-electron chi connectivity index (χ4n) is 3.94. The molecule has 28 heavy (non-hydrogen) atoms. The SMILES string of the molecule is COc1cc(C)cc(Nc2c3c(nc4cc5c(cc24)OCO5)CCCC3=O)c1. The number of Topliss-reactive ketones (excluding diaryl/α,β-unsaturated/α-hetero) is 1. The fraction of sp³-hybridized carbons (Fsp3) is 0.273. The minimum atomic E-state index is 0.121. The molecule has 5 rings (SSSR count). The summed E-state index contributed by atoms with van der Waals surface area (Å²) in [6.45, 7) is 2.21. The van der Waals surface area contributed by atoms with Crippen LogP contribution in [0, 0.1) is 6.92 Å². The molecule has 142 valence electrons. The van der Waals surface area contributed by atoms with Crippen molar-refractivity contribution in [3.8, 4) is 17.2 Å². The van der Waals surface area contributed by atoms with Gasteiger partial charge in [0, 0.05) is 29.6 Å². The van der Waals surface area contributed by atoms with Gasteiger partial charge in [-0.25, -0.2) is 0 Å². The highest BCUT2D eigenvalue weighted by Crippen LogP contribution is 2.42. The van der Waals surface area contributed by atoms with Gasteiger partial charge in [0.15, 0.2) is 17.3 Å². The smallest absolute Gasteiger partial charge is 0.231 e. The van der Waals surface area contributed by atoms with Crippen molar-refractivity contribution in [1.29, 1.82) is 0 Å². The zero-order valence-corrected chi connectivity index (χ0v) is 15.8. The maximum atomic E-state index is 12.8. The summed E-state index contributed by atoms with van der Waals surface area (Å²) in [5.74, 6) is 2.24. The number of benzene rings is 2. The number of hydrogen-bond acceptors (Lipinski definition) is 6. The summed E-state index contributed by atoms with van der Waals surface area (Å²) in [5, 5.41) is 4.32. The summed E-state index contributed by atoms with van der Waals surface area (Å²) in [6, 6.07) is 9.71. The Morgan fingerprint density at radius 1 is 1.07 bits per heavy atom. The van der Waals surface area contributed by atoms with Gasteiger partial charge in [-0.3, -0.25) is 9.78 Å². The van der Waals surface area contributed by atoms with Gasteiger partial charge in [0.25, 0.3) is 0 Å². The molecule has 0 saturated heterocycles. The van der Waals surface area contributed by atoms with Gasteiger partial charge in [0.2, 0.25) is 6.79 Å². The molecule has 1 aromatic heterocycles. The molecule has 6 nitrogen and oxygen atoms in total. The molecule has 2 aromatic carbocycles. The third-order valence-electron chi connectivity index (χ3n) is 5.21. The third-order valence-corrected chi connectivity index (χ3v) is 5.21. The van der Waals surface area contributed by atoms with E-state index in [0.717, 1.165) is 52.1 Å². The van der Waals surface area contributed by atoms with Crippen LogP contribution in [0.15, 0.2) is 30.3 Å². The predicted molar refractivity (Wildman–Crippen MR) is 106 cm³/mol. The van der Waals surface area contributed by atoms with Crippen LogP contribution >= 0.6 is 0 Å². The summed E-state index contributed by atoms with van der Waals surface area (Å²) in [5.41, 5.74) is 5.01. The Kier molecular flexibility index (Phi) is 3.86. The molecule has 0 spiro atoms. The van der Waals surface area contributed by atoms with E-state index in [1.807, 2.05) is 37.3 Å². The second-order valence-electron chi connectivity index (χ2n) is 7.17. The molecular formula is C22H20N2O4. The van der Waals surface area contributed by atoms with E-state index in [9.17, 15) is 4.79 Å². The number of aryl methyl sites for hydroxylation is 2. The van der Waals surface area contributed by atoms with E-state index >= 15 is 0 Å². The van der Waals surface area contributed by atoms with Gasteiger partial charge in [-0.15, -0.1) is 0 Å². The molecule has 0 unspecified atom stereocenters. The number of fused-ring (bicyclic) bond motifs is 3. The Morgan fingerprint density at radius 2 is 1.89 bits per heavy atom. The number of aromatic nitrogens is 1. The second kappa shape index (κ2) is 6.41. The van der Waals surface area contributed by atoms with Gasteiger partial charge in [-0.05, 0) is 43.5 Å². The number of rotatable bonds is 3. The zero-order valence-electron chi connectivity index (χ0n) is 15.8. The average molecular weight is 376 g/mol. The van der Waals surface area contributed by atoms with Crippen LogP contribution in [-0.2, 0) is 6.42 Å². The lowest BCUT2D eigenvalue weighted by Gasteiger charge is -2.21. The van der Waals surface area contributed by atoms with Crippen LogP contribution in [0.4, 0.5) is 11.4 Å². The van der Waals surface area contributed by atoms with Crippen LogP contribution in [0.3, 0.4) is 0 Å². The number of carbonyl (C=O) groups is 1. The maximum Gasteiger partial charge on any atom is 0.231 e. The number of methoxy groups -OCH3 is 1. The van der Waals surface area contributed by atoms with E-state index in [1.165, 1.54) is 0 Å². The maximum absolute atomic E-state index is 12.8. The lowest BCUT2D eigenvalue weighted by Crippen LogP contribution is -2.15. The largest absolute Gasteiger partial charge is 0.497 e. The Labute approximate surface area is 162 Å². The first kappa shape index (κ1) is 16.9. The van der Waals surface area contributed by atoms with Crippen molar-refractivity contribution in [2.75, 3.05) is 19.2 Å². The van der Waals surface area contributed by atoms with Crippen molar-refractivity contribution in [2.24, 2.45) is 0 Å². The summed E-state index contributed by atoms with van der Waals surface area (Å²) in [4.78, 5) is 17.6. The lowest BCUT2D eigenvalue weighted by molar-refractivity contribution is 0.0972. The molecule has 0 fully saturated rings. The quantitative estimate of drug-likeness (QED) is 0.724. The van der Waals surface area contributed by atoms with E-state index in [1.54, 1.807) is 7.11 Å². The second-order valence-corrected chi connectivity index (χ2v) is 7.17. The normalized spacial score (nSPS) is 14.9. The van der Waals surface area contributed by atoms with Gasteiger partial charge in [-0.1, -0.05) is 0 Å². The summed E-state index contributed by atoms with van der Waals surface area (Å²) < 4.78 is 16.5. The van der Waals surface area contributed by atoms with Crippen molar-refractivity contribution in [2.45, 2.75) is 26.2 Å². The van der Waals surface area contributed by atoms with Crippen LogP contribution in [0.1, 0.15) is 34.5 Å². The minimum absolute atomic E-state index is 0.121. The van der Waals surface area contributed by atoms with Gasteiger partial charge < -0.3 is 19.5 Å². The molecule has 6 heteroatoms. The van der Waals surface area contributed by atoms with Crippen LogP contribution in [0.5, 0.6) is 17.2 Å². The highest BCUT2D eigenvalue weighted by Gasteiger charge is 2.26. The third kappa shape index (κ3) is 2.72. The first-order valence-corrected chi connectivity index (χ1v) is 9.34. The van der Waals surface area contributed by atoms with E-state index in [-0.39, 0.29) is 12.6 Å². The van der Waals surface area contributed by atoms with Gasteiger partial charge in [0.1, 0.15) is 5.75 Å². The molecule has 1 N–H and O–H groups in total. The van der Waals surface area contributed by atoms with E-state index in [4.69, 9.17) is 19.2 Å². The van der Waals surface area contributed by atoms with Crippen molar-refractivity contribution >= 4 is 28.1 Å². The number of anilines is 2. The number of hydrogen-bond donors (Lipinski definition) is 1. The summed E-state index contributed by atoms with van der Waals surface area (Å²) in [6.07, 6.45) is 2.15. The number of nitrogens with zero attached hydrogens (tertiary/aromatic N) is 1. The number of carbonyl (C=O) groups excluding carboxylic acids is 1. The lowest BCUT2D eigenvalue weighted by atomic mass is 9.91. The molecule has 3 aromatic rings. The van der Waals surface area contributed by atoms with E-state index in [2.05, 4.69) is 5.32 Å². The van der Waals surface area contributed by atoms with Crippen LogP contribution < -0.4 is 19.5 Å². The van der Waals surface area contributed by atoms with Crippen molar-refractivity contribution in [3.05, 3.63) is 47.2 Å². The highest BCUT2D eigenvalue weighted by atomic mass is 16.7. The van der Waals surface area contributed by atoms with Crippen LogP contribution in [0.2, 0.25) is 0 Å². The molecule has 0 amide bonds. The molecule has 0 bridgehead atoms. The van der Waals surface area contributed by atoms with Gasteiger partial charge in [0.05, 0.1) is 29.6 Å². The van der Waals surface area contributed by atoms with Crippen LogP contribution in [0.25, 0.3) is 10.9 Å². The van der Waals surface area contributed by atoms with Crippen molar-refractivity contribution in [3.63, 3.8) is 0 Å². The van der Waals surface area contributed by atoms with E-state index < -0.39 is 0 Å². The molecule has 2 aliphatic rings. The summed E-state index contributed by atoms with van der Waals surface area (Å²) in [7, 11) is 1.65. The topological polar surface area (TPSA) is 69.7 Å². The minimum Gasteiger partial charge on any atom is -0.497 e. The van der Waals surface area contributed by atoms with E-state index in [0.29, 0.717) is 23.5 Å². The molecule has 1 aliphatic carbocycles. The Hall–Kier alpha value is -3.28. The molecular weight excluding hydrogens is 356 g/mol. The number of nitrogens with one attached hydrogen (secondary N) is 1. The standard InChI is InChI=1S/C22H20N2O4/c1-12-6-13(8-14(7-12)26-2)23-22-15-9-19-20(28-11-27-19)10-17(15)24-16-4-3-5-18(25)21(16)22/h6-10H,3-5,11H2,1-2H3,(H,23,24).